The zero-order chi connectivity index (χ0) is 22.3. The van der Waals surface area contributed by atoms with Crippen molar-refractivity contribution < 1.29 is 18.0 Å². The Morgan fingerprint density at radius 2 is 1.65 bits per heavy atom. The topological polar surface area (TPSA) is 86.8 Å². The predicted octanol–water partition coefficient (Wildman–Crippen LogP) is 2.91. The molecule has 0 radical (unpaired) electrons. The molecule has 8 heteroatoms. The second kappa shape index (κ2) is 8.00. The third-order valence-corrected chi connectivity index (χ3v) is 7.62. The van der Waals surface area contributed by atoms with Crippen molar-refractivity contribution in [1.82, 2.24) is 4.90 Å². The number of aryl methyl sites for hydroxylation is 3. The molecule has 0 bridgehead atoms. The Morgan fingerprint density at radius 3 is 2.26 bits per heavy atom. The molecule has 2 aliphatic rings. The largest absolute Gasteiger partial charge is 0.325 e. The van der Waals surface area contributed by atoms with Gasteiger partial charge < -0.3 is 10.2 Å². The molecule has 0 spiro atoms. The van der Waals surface area contributed by atoms with Crippen molar-refractivity contribution in [2.24, 2.45) is 0 Å². The van der Waals surface area contributed by atoms with Crippen LogP contribution in [0.15, 0.2) is 42.5 Å². The van der Waals surface area contributed by atoms with E-state index in [1.807, 2.05) is 63.2 Å². The van der Waals surface area contributed by atoms with Gasteiger partial charge in [-0.25, -0.2) is 13.2 Å². The highest BCUT2D eigenvalue weighted by molar-refractivity contribution is 7.91. The van der Waals surface area contributed by atoms with Crippen molar-refractivity contribution in [3.05, 3.63) is 59.2 Å². The van der Waals surface area contributed by atoms with Crippen molar-refractivity contribution >= 4 is 33.2 Å². The van der Waals surface area contributed by atoms with Gasteiger partial charge in [0.25, 0.3) is 0 Å². The summed E-state index contributed by atoms with van der Waals surface area (Å²) in [5.41, 5.74) is 4.51. The molecule has 164 valence electrons. The number of carbonyl (C=O) groups is 2. The van der Waals surface area contributed by atoms with Crippen LogP contribution in [0.1, 0.15) is 23.6 Å². The highest BCUT2D eigenvalue weighted by Gasteiger charge is 2.54. The Balaban J connectivity index is 1.57. The summed E-state index contributed by atoms with van der Waals surface area (Å²) in [7, 11) is -3.29. The van der Waals surface area contributed by atoms with E-state index in [0.29, 0.717) is 11.4 Å². The summed E-state index contributed by atoms with van der Waals surface area (Å²) < 4.78 is 24.7. The van der Waals surface area contributed by atoms with Gasteiger partial charge in [0.2, 0.25) is 5.91 Å². The lowest BCUT2D eigenvalue weighted by molar-refractivity contribution is -0.116. The molecule has 31 heavy (non-hydrogen) atoms. The van der Waals surface area contributed by atoms with Crippen molar-refractivity contribution in [1.29, 1.82) is 0 Å². The molecule has 2 aliphatic heterocycles. The SMILES string of the molecule is CCc1ccc(N2C(=O)N(CC(=O)Nc3cc(C)cc(C)c3)[C@@H]3CS(=O)(=O)C[C@H]32)cc1. The average molecular weight is 442 g/mol. The predicted molar refractivity (Wildman–Crippen MR) is 121 cm³/mol. The first-order valence-electron chi connectivity index (χ1n) is 10.4. The second-order valence-electron chi connectivity index (χ2n) is 8.44. The van der Waals surface area contributed by atoms with Crippen LogP contribution in [0.4, 0.5) is 16.2 Å². The molecule has 0 aromatic heterocycles. The number of carbonyl (C=O) groups excluding carboxylic acids is 2. The van der Waals surface area contributed by atoms with Gasteiger partial charge in [-0.3, -0.25) is 9.69 Å². The Hall–Kier alpha value is -2.87. The van der Waals surface area contributed by atoms with Crippen LogP contribution in [0.2, 0.25) is 0 Å². The first kappa shape index (κ1) is 21.4. The smallest absolute Gasteiger partial charge is 0.325 e. The minimum atomic E-state index is -3.29. The van der Waals surface area contributed by atoms with Crippen molar-refractivity contribution in [2.75, 3.05) is 28.3 Å². The fourth-order valence-electron chi connectivity index (χ4n) is 4.56. The molecule has 3 amide bonds. The van der Waals surface area contributed by atoms with E-state index in [2.05, 4.69) is 5.32 Å². The number of rotatable bonds is 5. The molecule has 0 aliphatic carbocycles. The van der Waals surface area contributed by atoms with Crippen LogP contribution in [0.25, 0.3) is 0 Å². The van der Waals surface area contributed by atoms with Gasteiger partial charge in [-0.1, -0.05) is 25.1 Å². The molecule has 2 atom stereocenters. The lowest BCUT2D eigenvalue weighted by Crippen LogP contribution is -2.42. The number of fused-ring (bicyclic) bond motifs is 1. The number of sulfone groups is 1. The van der Waals surface area contributed by atoms with Gasteiger partial charge in [0.05, 0.1) is 23.6 Å². The van der Waals surface area contributed by atoms with Gasteiger partial charge in [0.15, 0.2) is 9.84 Å². The van der Waals surface area contributed by atoms with E-state index in [-0.39, 0.29) is 30.0 Å². The zero-order valence-corrected chi connectivity index (χ0v) is 18.8. The summed E-state index contributed by atoms with van der Waals surface area (Å²) in [4.78, 5) is 28.9. The van der Waals surface area contributed by atoms with Gasteiger partial charge in [-0.05, 0) is 61.2 Å². The highest BCUT2D eigenvalue weighted by atomic mass is 32.2. The molecular formula is C23H27N3O4S. The number of hydrogen-bond donors (Lipinski definition) is 1. The maximum Gasteiger partial charge on any atom is 0.325 e. The first-order chi connectivity index (χ1) is 14.7. The van der Waals surface area contributed by atoms with Gasteiger partial charge in [-0.15, -0.1) is 0 Å². The molecule has 2 aromatic rings. The lowest BCUT2D eigenvalue weighted by atomic mass is 10.1. The quantitative estimate of drug-likeness (QED) is 0.723. The van der Waals surface area contributed by atoms with Crippen molar-refractivity contribution in [3.63, 3.8) is 0 Å². The van der Waals surface area contributed by atoms with Gasteiger partial charge >= 0.3 is 6.03 Å². The maximum atomic E-state index is 13.3. The average Bonchev–Trinajstić information content (AvgIpc) is 3.11. The molecule has 2 heterocycles. The fraction of sp³-hybridized carbons (Fsp3) is 0.391. The minimum Gasteiger partial charge on any atom is -0.325 e. The van der Waals surface area contributed by atoms with E-state index in [0.717, 1.165) is 23.1 Å². The van der Waals surface area contributed by atoms with Crippen LogP contribution >= 0.6 is 0 Å². The number of nitrogens with one attached hydrogen (secondary N) is 1. The molecule has 2 saturated heterocycles. The van der Waals surface area contributed by atoms with Crippen LogP contribution < -0.4 is 10.2 Å². The number of urea groups is 1. The summed E-state index contributed by atoms with van der Waals surface area (Å²) in [5, 5.41) is 2.84. The van der Waals surface area contributed by atoms with Gasteiger partial charge in [0.1, 0.15) is 6.54 Å². The van der Waals surface area contributed by atoms with E-state index in [1.165, 1.54) is 4.90 Å². The molecule has 0 saturated carbocycles. The fourth-order valence-corrected chi connectivity index (χ4v) is 6.51. The molecule has 1 N–H and O–H groups in total. The van der Waals surface area contributed by atoms with Gasteiger partial charge in [0, 0.05) is 11.4 Å². The monoisotopic (exact) mass is 441 g/mol. The molecular weight excluding hydrogens is 414 g/mol. The van der Waals surface area contributed by atoms with Gasteiger partial charge in [-0.2, -0.15) is 0 Å². The van der Waals surface area contributed by atoms with Crippen molar-refractivity contribution in [3.8, 4) is 0 Å². The van der Waals surface area contributed by atoms with E-state index >= 15 is 0 Å². The molecule has 0 unspecified atom stereocenters. The molecule has 7 nitrogen and oxygen atoms in total. The number of hydrogen-bond acceptors (Lipinski definition) is 4. The number of benzene rings is 2. The summed E-state index contributed by atoms with van der Waals surface area (Å²) in [5.74, 6) is -0.553. The maximum absolute atomic E-state index is 13.3. The van der Waals surface area contributed by atoms with Crippen LogP contribution in [-0.2, 0) is 21.1 Å². The third kappa shape index (κ3) is 4.30. The Bertz CT molecular complexity index is 1110. The lowest BCUT2D eigenvalue weighted by Gasteiger charge is -2.22. The van der Waals surface area contributed by atoms with Crippen LogP contribution in [0.3, 0.4) is 0 Å². The summed E-state index contributed by atoms with van der Waals surface area (Å²) >= 11 is 0. The Labute approximate surface area is 183 Å². The van der Waals surface area contributed by atoms with Crippen LogP contribution in [0.5, 0.6) is 0 Å². The highest BCUT2D eigenvalue weighted by Crippen LogP contribution is 2.35. The normalized spacial score (nSPS) is 22.0. The number of amides is 3. The molecule has 4 rings (SSSR count). The van der Waals surface area contributed by atoms with Crippen molar-refractivity contribution in [2.45, 2.75) is 39.3 Å². The third-order valence-electron chi connectivity index (χ3n) is 5.92. The number of nitrogens with zero attached hydrogens (tertiary/aromatic N) is 2. The zero-order valence-electron chi connectivity index (χ0n) is 18.0. The Morgan fingerprint density at radius 1 is 1.03 bits per heavy atom. The summed E-state index contributed by atoms with van der Waals surface area (Å²) in [6.45, 7) is 5.75. The first-order valence-corrected chi connectivity index (χ1v) is 12.3. The summed E-state index contributed by atoms with van der Waals surface area (Å²) in [6, 6.07) is 12.0. The van der Waals surface area contributed by atoms with E-state index in [1.54, 1.807) is 4.90 Å². The molecule has 2 aromatic carbocycles. The second-order valence-corrected chi connectivity index (χ2v) is 10.6. The Kier molecular flexibility index (Phi) is 5.51. The van der Waals surface area contributed by atoms with E-state index in [4.69, 9.17) is 0 Å². The van der Waals surface area contributed by atoms with E-state index in [9.17, 15) is 18.0 Å². The van der Waals surface area contributed by atoms with E-state index < -0.39 is 21.9 Å². The molecule has 2 fully saturated rings. The standard InChI is InChI=1S/C23H27N3O4S/c1-4-17-5-7-19(8-6-17)26-21-14-31(29,30)13-20(21)25(23(26)28)12-22(27)24-18-10-15(2)9-16(3)11-18/h5-11,20-21H,4,12-14H2,1-3H3,(H,24,27)/t20-,21-/m1/s1. The van der Waals surface area contributed by atoms with Crippen LogP contribution in [-0.4, -0.2) is 55.4 Å². The summed E-state index contributed by atoms with van der Waals surface area (Å²) in [6.07, 6.45) is 0.874. The number of anilines is 2. The minimum absolute atomic E-state index is 0.0892. The van der Waals surface area contributed by atoms with Crippen LogP contribution in [0, 0.1) is 13.8 Å².